The van der Waals surface area contributed by atoms with Gasteiger partial charge in [0, 0.05) is 22.0 Å². The molecule has 6 rings (SSSR count). The zero-order valence-electron chi connectivity index (χ0n) is 25.4. The minimum absolute atomic E-state index is 0.0465. The lowest BCUT2D eigenvalue weighted by Crippen LogP contribution is -2.29. The molecule has 2 N–H and O–H groups in total. The minimum Gasteiger partial charge on any atom is -0.395 e. The van der Waals surface area contributed by atoms with Crippen molar-refractivity contribution in [2.45, 2.75) is 25.9 Å². The quantitative estimate of drug-likeness (QED) is 0.158. The number of aliphatic hydroxyl groups is 2. The molecule has 0 bridgehead atoms. The van der Waals surface area contributed by atoms with Crippen LogP contribution in [0.2, 0.25) is 0 Å². The topological polar surface area (TPSA) is 115 Å². The highest BCUT2D eigenvalue weighted by Gasteiger charge is 2.35. The number of amides is 4. The molecule has 9 heteroatoms. The Bertz CT molecular complexity index is 1800. The van der Waals surface area contributed by atoms with Gasteiger partial charge in [-0.2, -0.15) is 0 Å². The van der Waals surface area contributed by atoms with Crippen LogP contribution in [0.25, 0.3) is 0 Å². The van der Waals surface area contributed by atoms with E-state index in [0.717, 1.165) is 20.3 Å². The molecule has 0 atom stereocenters. The van der Waals surface area contributed by atoms with Gasteiger partial charge in [-0.25, -0.2) is 0 Å². The van der Waals surface area contributed by atoms with Crippen LogP contribution in [0.5, 0.6) is 0 Å². The van der Waals surface area contributed by atoms with Crippen LogP contribution in [0.15, 0.2) is 97.1 Å². The standard InChI is InChI=1S/C19H15NO3.C15H10INO2.C4H6O/c21-12-4-3-5-14-8-10-15(11-9-14)13-20-18(22)16-6-1-2-7-17(16)19(20)23;16-11-7-5-10(6-8-11)9-17-14(18)12-3-1-2-4-13(12)15(17)19;1-2-3-4-5/h1-2,6-11,21H,4,12-13H2;1-8H,9H2;1,5H,3-4H2. The highest BCUT2D eigenvalue weighted by atomic mass is 127. The summed E-state index contributed by atoms with van der Waals surface area (Å²) in [6.45, 7) is 0.723. The minimum atomic E-state index is -0.252. The smallest absolute Gasteiger partial charge is 0.261 e. The van der Waals surface area contributed by atoms with E-state index < -0.39 is 0 Å². The number of aliphatic hydroxyl groups excluding tert-OH is 2. The Hall–Kier alpha value is -5.07. The average molecular weight is 739 g/mol. The monoisotopic (exact) mass is 738 g/mol. The summed E-state index contributed by atoms with van der Waals surface area (Å²) < 4.78 is 1.13. The second-order valence-electron chi connectivity index (χ2n) is 10.3. The van der Waals surface area contributed by atoms with Gasteiger partial charge in [-0.15, -0.1) is 12.3 Å². The summed E-state index contributed by atoms with van der Waals surface area (Å²) in [7, 11) is 0. The first-order valence-electron chi connectivity index (χ1n) is 14.7. The molecule has 2 aliphatic rings. The lowest BCUT2D eigenvalue weighted by Gasteiger charge is -2.13. The number of fused-ring (bicyclic) bond motifs is 2. The molecule has 236 valence electrons. The molecule has 0 radical (unpaired) electrons. The van der Waals surface area contributed by atoms with Crippen LogP contribution >= 0.6 is 22.6 Å². The second-order valence-corrected chi connectivity index (χ2v) is 11.5. The normalized spacial score (nSPS) is 12.6. The molecule has 0 fully saturated rings. The third-order valence-electron chi connectivity index (χ3n) is 7.03. The van der Waals surface area contributed by atoms with E-state index in [2.05, 4.69) is 40.4 Å². The van der Waals surface area contributed by atoms with Crippen LogP contribution < -0.4 is 0 Å². The Kier molecular flexibility index (Phi) is 12.6. The van der Waals surface area contributed by atoms with Gasteiger partial charge >= 0.3 is 0 Å². The Morgan fingerprint density at radius 2 is 0.957 bits per heavy atom. The number of hydrogen-bond donors (Lipinski definition) is 2. The van der Waals surface area contributed by atoms with E-state index in [1.807, 2.05) is 48.5 Å². The second kappa shape index (κ2) is 17.0. The van der Waals surface area contributed by atoms with E-state index in [-0.39, 0.29) is 43.4 Å². The fourth-order valence-corrected chi connectivity index (χ4v) is 5.06. The molecular formula is C38H31IN2O6. The van der Waals surface area contributed by atoms with E-state index in [4.69, 9.17) is 16.6 Å². The zero-order chi connectivity index (χ0) is 33.8. The average Bonchev–Trinajstić information content (AvgIpc) is 3.48. The molecule has 8 nitrogen and oxygen atoms in total. The van der Waals surface area contributed by atoms with Crippen molar-refractivity contribution in [1.29, 1.82) is 0 Å². The van der Waals surface area contributed by atoms with Crippen molar-refractivity contribution in [3.8, 4) is 24.2 Å². The van der Waals surface area contributed by atoms with Crippen molar-refractivity contribution in [2.24, 2.45) is 0 Å². The largest absolute Gasteiger partial charge is 0.395 e. The number of imide groups is 2. The molecule has 0 spiro atoms. The summed E-state index contributed by atoms with van der Waals surface area (Å²) in [4.78, 5) is 51.5. The molecule has 0 saturated carbocycles. The Labute approximate surface area is 287 Å². The molecular weight excluding hydrogens is 707 g/mol. The maximum atomic E-state index is 12.3. The van der Waals surface area contributed by atoms with Gasteiger partial charge in [-0.05, 0) is 82.2 Å². The van der Waals surface area contributed by atoms with Crippen molar-refractivity contribution in [2.75, 3.05) is 13.2 Å². The van der Waals surface area contributed by atoms with E-state index in [0.29, 0.717) is 41.6 Å². The highest BCUT2D eigenvalue weighted by molar-refractivity contribution is 14.1. The number of benzene rings is 4. The molecule has 0 aromatic heterocycles. The first kappa shape index (κ1) is 34.8. The summed E-state index contributed by atoms with van der Waals surface area (Å²) in [5.74, 6) is 7.14. The summed E-state index contributed by atoms with van der Waals surface area (Å²) in [6.07, 6.45) is 5.64. The molecule has 2 aliphatic heterocycles. The first-order valence-corrected chi connectivity index (χ1v) is 15.7. The SMILES string of the molecule is C#CCCO.O=C1c2ccccc2C(=O)N1Cc1ccc(C#CCCO)cc1.O=C1c2ccccc2C(=O)N1Cc1ccc(I)cc1. The van der Waals surface area contributed by atoms with Crippen LogP contribution in [0, 0.1) is 27.8 Å². The summed E-state index contributed by atoms with van der Waals surface area (Å²) in [5, 5.41) is 16.6. The number of carbonyl (C=O) groups excluding carboxylic acids is 4. The summed E-state index contributed by atoms with van der Waals surface area (Å²) in [5.41, 5.74) is 4.58. The predicted molar refractivity (Wildman–Crippen MR) is 186 cm³/mol. The number of hydrogen-bond acceptors (Lipinski definition) is 6. The molecule has 0 saturated heterocycles. The Morgan fingerprint density at radius 1 is 0.574 bits per heavy atom. The van der Waals surface area contributed by atoms with Gasteiger partial charge in [0.2, 0.25) is 0 Å². The maximum absolute atomic E-state index is 12.3. The van der Waals surface area contributed by atoms with Gasteiger partial charge < -0.3 is 10.2 Å². The predicted octanol–water partition coefficient (Wildman–Crippen LogP) is 5.31. The molecule has 2 heterocycles. The number of carbonyl (C=O) groups is 4. The van der Waals surface area contributed by atoms with Crippen molar-refractivity contribution in [3.63, 3.8) is 0 Å². The molecule has 4 aromatic carbocycles. The third-order valence-corrected chi connectivity index (χ3v) is 7.75. The number of nitrogens with zero attached hydrogens (tertiary/aromatic N) is 2. The molecule has 4 aromatic rings. The van der Waals surface area contributed by atoms with Crippen molar-refractivity contribution < 1.29 is 29.4 Å². The number of halogens is 1. The van der Waals surface area contributed by atoms with Crippen molar-refractivity contribution in [1.82, 2.24) is 9.80 Å². The van der Waals surface area contributed by atoms with Crippen LogP contribution in [0.4, 0.5) is 0 Å². The van der Waals surface area contributed by atoms with Gasteiger partial charge in [-0.1, -0.05) is 60.4 Å². The first-order chi connectivity index (χ1) is 22.8. The third kappa shape index (κ3) is 8.81. The Balaban J connectivity index is 0.000000189. The van der Waals surface area contributed by atoms with Crippen LogP contribution in [0.1, 0.15) is 71.0 Å². The number of terminal acetylenes is 1. The summed E-state index contributed by atoms with van der Waals surface area (Å²) in [6, 6.07) is 29.0. The Morgan fingerprint density at radius 3 is 1.30 bits per heavy atom. The lowest BCUT2D eigenvalue weighted by atomic mass is 10.1. The fourth-order valence-electron chi connectivity index (χ4n) is 4.70. The number of rotatable bonds is 6. The van der Waals surface area contributed by atoms with E-state index in [9.17, 15) is 19.2 Å². The van der Waals surface area contributed by atoms with Crippen LogP contribution in [-0.2, 0) is 13.1 Å². The molecule has 4 amide bonds. The van der Waals surface area contributed by atoms with Gasteiger partial charge in [-0.3, -0.25) is 29.0 Å². The van der Waals surface area contributed by atoms with Gasteiger partial charge in [0.05, 0.1) is 48.6 Å². The highest BCUT2D eigenvalue weighted by Crippen LogP contribution is 2.25. The van der Waals surface area contributed by atoms with Gasteiger partial charge in [0.25, 0.3) is 23.6 Å². The zero-order valence-corrected chi connectivity index (χ0v) is 27.5. The fraction of sp³-hybridized carbons (Fsp3) is 0.158. The van der Waals surface area contributed by atoms with Crippen LogP contribution in [-0.4, -0.2) is 56.9 Å². The van der Waals surface area contributed by atoms with Crippen molar-refractivity contribution >= 4 is 46.2 Å². The van der Waals surface area contributed by atoms with Gasteiger partial charge in [0.1, 0.15) is 0 Å². The van der Waals surface area contributed by atoms with Gasteiger partial charge in [0.15, 0.2) is 0 Å². The molecule has 47 heavy (non-hydrogen) atoms. The van der Waals surface area contributed by atoms with E-state index >= 15 is 0 Å². The molecule has 0 aliphatic carbocycles. The van der Waals surface area contributed by atoms with Crippen molar-refractivity contribution in [3.05, 3.63) is 140 Å². The van der Waals surface area contributed by atoms with E-state index in [1.54, 1.807) is 48.5 Å². The summed E-state index contributed by atoms with van der Waals surface area (Å²) >= 11 is 2.22. The van der Waals surface area contributed by atoms with Crippen LogP contribution in [0.3, 0.4) is 0 Å². The maximum Gasteiger partial charge on any atom is 0.261 e. The van der Waals surface area contributed by atoms with E-state index in [1.165, 1.54) is 9.80 Å². The molecule has 0 unspecified atom stereocenters. The lowest BCUT2D eigenvalue weighted by molar-refractivity contribution is 0.0627.